The summed E-state index contributed by atoms with van der Waals surface area (Å²) in [6.07, 6.45) is 0. The van der Waals surface area contributed by atoms with E-state index in [2.05, 4.69) is 31.0 Å². The number of esters is 1. The van der Waals surface area contributed by atoms with Crippen LogP contribution in [-0.4, -0.2) is 28.1 Å². The van der Waals surface area contributed by atoms with Crippen molar-refractivity contribution in [1.82, 2.24) is 15.0 Å². The molecule has 24 heavy (non-hydrogen) atoms. The highest BCUT2D eigenvalue weighted by Gasteiger charge is 2.10. The molecule has 0 unspecified atom stereocenters. The van der Waals surface area contributed by atoms with Gasteiger partial charge in [-0.3, -0.25) is 4.79 Å². The monoisotopic (exact) mass is 389 g/mol. The maximum atomic E-state index is 12.3. The molecule has 0 N–H and O–H groups in total. The van der Waals surface area contributed by atoms with E-state index in [1.165, 1.54) is 7.11 Å². The van der Waals surface area contributed by atoms with Crippen LogP contribution in [0.3, 0.4) is 0 Å². The fourth-order valence-electron chi connectivity index (χ4n) is 2.10. The summed E-state index contributed by atoms with van der Waals surface area (Å²) in [6, 6.07) is 11.7. The Balaban J connectivity index is 1.82. The number of nitrogens with zero attached hydrogens (tertiary/aromatic N) is 3. The summed E-state index contributed by atoms with van der Waals surface area (Å²) >= 11 is 3.32. The van der Waals surface area contributed by atoms with Gasteiger partial charge in [0.05, 0.1) is 22.5 Å². The summed E-state index contributed by atoms with van der Waals surface area (Å²) in [5.41, 5.74) is 0.629. The normalized spacial score (nSPS) is 10.6. The molecule has 0 amide bonds. The zero-order valence-corrected chi connectivity index (χ0v) is 14.2. The summed E-state index contributed by atoms with van der Waals surface area (Å²) in [6.45, 7) is -0.104. The van der Waals surface area contributed by atoms with Crippen LogP contribution in [0.4, 0.5) is 0 Å². The van der Waals surface area contributed by atoms with Gasteiger partial charge in [0.15, 0.2) is 6.73 Å². The minimum atomic E-state index is -0.445. The second kappa shape index (κ2) is 6.79. The van der Waals surface area contributed by atoms with Gasteiger partial charge in [-0.25, -0.2) is 4.79 Å². The summed E-state index contributed by atoms with van der Waals surface area (Å²) in [5, 5.41) is 8.30. The third kappa shape index (κ3) is 3.13. The number of carbonyl (C=O) groups is 1. The largest absolute Gasteiger partial charge is 0.470 e. The standard InChI is InChI=1S/C16H12BrN3O4/c1-23-16(22)10-6-7-14(12(17)8-10)24-9-20-15(21)11-4-2-3-5-13(11)18-19-20/h2-8H,9H2,1H3. The van der Waals surface area contributed by atoms with Gasteiger partial charge in [-0.2, -0.15) is 4.68 Å². The van der Waals surface area contributed by atoms with E-state index >= 15 is 0 Å². The lowest BCUT2D eigenvalue weighted by atomic mass is 10.2. The predicted octanol–water partition coefficient (Wildman–Crippen LogP) is 2.38. The van der Waals surface area contributed by atoms with Crippen molar-refractivity contribution in [2.45, 2.75) is 6.73 Å². The van der Waals surface area contributed by atoms with Gasteiger partial charge in [-0.05, 0) is 46.3 Å². The molecule has 7 nitrogen and oxygen atoms in total. The highest BCUT2D eigenvalue weighted by Crippen LogP contribution is 2.26. The van der Waals surface area contributed by atoms with Gasteiger partial charge < -0.3 is 9.47 Å². The van der Waals surface area contributed by atoms with Crippen LogP contribution in [0.2, 0.25) is 0 Å². The number of aromatic nitrogens is 3. The topological polar surface area (TPSA) is 83.3 Å². The average Bonchev–Trinajstić information content (AvgIpc) is 2.61. The molecule has 0 aliphatic rings. The lowest BCUT2D eigenvalue weighted by molar-refractivity contribution is 0.0600. The van der Waals surface area contributed by atoms with Crippen molar-refractivity contribution in [3.05, 3.63) is 62.9 Å². The van der Waals surface area contributed by atoms with Crippen LogP contribution in [0.25, 0.3) is 10.9 Å². The molecule has 2 aromatic carbocycles. The number of fused-ring (bicyclic) bond motifs is 1. The van der Waals surface area contributed by atoms with E-state index in [4.69, 9.17) is 4.74 Å². The molecule has 0 aliphatic heterocycles. The Kier molecular flexibility index (Phi) is 4.57. The summed E-state index contributed by atoms with van der Waals surface area (Å²) < 4.78 is 11.9. The molecule has 1 aromatic heterocycles. The van der Waals surface area contributed by atoms with Gasteiger partial charge in [0.1, 0.15) is 11.3 Å². The molecule has 3 rings (SSSR count). The van der Waals surface area contributed by atoms with Gasteiger partial charge >= 0.3 is 5.97 Å². The maximum Gasteiger partial charge on any atom is 0.337 e. The Hall–Kier alpha value is -2.74. The number of halogens is 1. The van der Waals surface area contributed by atoms with E-state index in [-0.39, 0.29) is 12.3 Å². The summed E-state index contributed by atoms with van der Waals surface area (Å²) in [7, 11) is 1.31. The molecule has 0 bridgehead atoms. The molecule has 122 valence electrons. The fourth-order valence-corrected chi connectivity index (χ4v) is 2.59. The van der Waals surface area contributed by atoms with Gasteiger partial charge in [0.25, 0.3) is 5.56 Å². The lowest BCUT2D eigenvalue weighted by Gasteiger charge is -2.10. The van der Waals surface area contributed by atoms with Crippen LogP contribution in [-0.2, 0) is 11.5 Å². The van der Waals surface area contributed by atoms with Crippen molar-refractivity contribution in [2.75, 3.05) is 7.11 Å². The van der Waals surface area contributed by atoms with Crippen molar-refractivity contribution < 1.29 is 14.3 Å². The maximum absolute atomic E-state index is 12.3. The van der Waals surface area contributed by atoms with E-state index in [0.29, 0.717) is 26.7 Å². The van der Waals surface area contributed by atoms with E-state index in [1.807, 2.05) is 0 Å². The summed E-state index contributed by atoms with van der Waals surface area (Å²) in [5.74, 6) is 0.0170. The SMILES string of the molecule is COC(=O)c1ccc(OCn2nnc3ccccc3c2=O)c(Br)c1. The molecule has 0 aliphatic carbocycles. The first-order valence-electron chi connectivity index (χ1n) is 6.93. The van der Waals surface area contributed by atoms with E-state index < -0.39 is 5.97 Å². The first kappa shape index (κ1) is 16.1. The summed E-state index contributed by atoms with van der Waals surface area (Å²) in [4.78, 5) is 23.8. The highest BCUT2D eigenvalue weighted by molar-refractivity contribution is 9.10. The molecule has 8 heteroatoms. The van der Waals surface area contributed by atoms with Crippen LogP contribution in [0.15, 0.2) is 51.7 Å². The van der Waals surface area contributed by atoms with Gasteiger partial charge in [-0.1, -0.05) is 17.3 Å². The van der Waals surface area contributed by atoms with E-state index in [0.717, 1.165) is 4.68 Å². The Morgan fingerprint density at radius 1 is 1.25 bits per heavy atom. The molecule has 0 radical (unpaired) electrons. The minimum absolute atomic E-state index is 0.104. The van der Waals surface area contributed by atoms with E-state index in [1.54, 1.807) is 42.5 Å². The molecule has 1 heterocycles. The second-order valence-electron chi connectivity index (χ2n) is 4.82. The van der Waals surface area contributed by atoms with Crippen LogP contribution in [0.1, 0.15) is 10.4 Å². The van der Waals surface area contributed by atoms with Crippen molar-refractivity contribution >= 4 is 32.8 Å². The molecule has 0 saturated carbocycles. The highest BCUT2D eigenvalue weighted by atomic mass is 79.9. The third-order valence-corrected chi connectivity index (χ3v) is 3.94. The first-order chi connectivity index (χ1) is 11.6. The predicted molar refractivity (Wildman–Crippen MR) is 89.9 cm³/mol. The third-order valence-electron chi connectivity index (χ3n) is 3.32. The molecule has 0 spiro atoms. The average molecular weight is 390 g/mol. The lowest BCUT2D eigenvalue weighted by Crippen LogP contribution is -2.26. The van der Waals surface area contributed by atoms with Crippen LogP contribution < -0.4 is 10.3 Å². The number of methoxy groups -OCH3 is 1. The second-order valence-corrected chi connectivity index (χ2v) is 5.68. The first-order valence-corrected chi connectivity index (χ1v) is 7.72. The molecular weight excluding hydrogens is 378 g/mol. The Labute approximate surface area is 144 Å². The zero-order chi connectivity index (χ0) is 17.1. The van der Waals surface area contributed by atoms with Gasteiger partial charge in [0.2, 0.25) is 0 Å². The molecular formula is C16H12BrN3O4. The number of rotatable bonds is 4. The molecule has 3 aromatic rings. The Morgan fingerprint density at radius 3 is 2.79 bits per heavy atom. The fraction of sp³-hybridized carbons (Fsp3) is 0.125. The quantitative estimate of drug-likeness (QED) is 0.637. The Bertz CT molecular complexity index is 971. The molecule has 0 saturated heterocycles. The number of hydrogen-bond donors (Lipinski definition) is 0. The number of benzene rings is 2. The van der Waals surface area contributed by atoms with Crippen molar-refractivity contribution in [1.29, 1.82) is 0 Å². The van der Waals surface area contributed by atoms with Crippen LogP contribution in [0.5, 0.6) is 5.75 Å². The zero-order valence-electron chi connectivity index (χ0n) is 12.6. The van der Waals surface area contributed by atoms with Crippen molar-refractivity contribution in [3.63, 3.8) is 0 Å². The van der Waals surface area contributed by atoms with Crippen LogP contribution in [0, 0.1) is 0 Å². The number of ether oxygens (including phenoxy) is 2. The minimum Gasteiger partial charge on any atom is -0.470 e. The Morgan fingerprint density at radius 2 is 2.04 bits per heavy atom. The molecule has 0 atom stereocenters. The van der Waals surface area contributed by atoms with Gasteiger partial charge in [-0.15, -0.1) is 5.10 Å². The smallest absolute Gasteiger partial charge is 0.337 e. The van der Waals surface area contributed by atoms with Crippen molar-refractivity contribution in [3.8, 4) is 5.75 Å². The molecule has 0 fully saturated rings. The van der Waals surface area contributed by atoms with Crippen LogP contribution >= 0.6 is 15.9 Å². The number of carbonyl (C=O) groups excluding carboxylic acids is 1. The van der Waals surface area contributed by atoms with E-state index in [9.17, 15) is 9.59 Å². The number of hydrogen-bond acceptors (Lipinski definition) is 6. The van der Waals surface area contributed by atoms with Gasteiger partial charge in [0, 0.05) is 0 Å². The van der Waals surface area contributed by atoms with Crippen molar-refractivity contribution in [2.24, 2.45) is 0 Å².